The van der Waals surface area contributed by atoms with Crippen molar-refractivity contribution < 1.29 is 43.0 Å². The summed E-state index contributed by atoms with van der Waals surface area (Å²) >= 11 is 0. The molecule has 0 amide bonds. The molecule has 3 N–H and O–H groups in total. The van der Waals surface area contributed by atoms with Gasteiger partial charge in [-0.2, -0.15) is 0 Å². The summed E-state index contributed by atoms with van der Waals surface area (Å²) in [6.07, 6.45) is 39.9. The second kappa shape index (κ2) is 34.5. The van der Waals surface area contributed by atoms with Crippen LogP contribution in [0.4, 0.5) is 0 Å². The Hall–Kier alpha value is -2.36. The molecule has 0 radical (unpaired) electrons. The largest absolute Gasteiger partial charge is 0.472 e. The number of esters is 1. The molecule has 0 saturated heterocycles. The van der Waals surface area contributed by atoms with Crippen molar-refractivity contribution in [2.45, 2.75) is 116 Å². The Kier molecular flexibility index (Phi) is 32.8. The fourth-order valence-corrected chi connectivity index (χ4v) is 4.75. The van der Waals surface area contributed by atoms with Crippen molar-refractivity contribution >= 4 is 13.8 Å². The Balaban J connectivity index is 4.45. The van der Waals surface area contributed by atoms with Gasteiger partial charge >= 0.3 is 13.8 Å². The zero-order valence-corrected chi connectivity index (χ0v) is 30.3. The quantitative estimate of drug-likeness (QED) is 0.0274. The highest BCUT2D eigenvalue weighted by Gasteiger charge is 2.26. The summed E-state index contributed by atoms with van der Waals surface area (Å²) in [5.41, 5.74) is 0. The van der Waals surface area contributed by atoms with E-state index in [2.05, 4.69) is 98.9 Å². The lowest BCUT2D eigenvalue weighted by Crippen LogP contribution is -2.29. The Morgan fingerprint density at radius 1 is 0.646 bits per heavy atom. The molecule has 0 spiro atoms. The van der Waals surface area contributed by atoms with Crippen LogP contribution in [0.1, 0.15) is 104 Å². The number of phosphoric ester groups is 1. The van der Waals surface area contributed by atoms with Crippen LogP contribution in [0.15, 0.2) is 85.1 Å². The topological polar surface area (TPSA) is 132 Å². The van der Waals surface area contributed by atoms with Crippen molar-refractivity contribution in [2.24, 2.45) is 0 Å². The van der Waals surface area contributed by atoms with Gasteiger partial charge in [-0.3, -0.25) is 13.8 Å². The maximum absolute atomic E-state index is 12.5. The molecule has 0 rings (SSSR count). The Morgan fingerprint density at radius 2 is 1.12 bits per heavy atom. The van der Waals surface area contributed by atoms with Gasteiger partial charge in [0.15, 0.2) is 0 Å². The predicted molar refractivity (Wildman–Crippen MR) is 195 cm³/mol. The molecule has 274 valence electrons. The van der Waals surface area contributed by atoms with Crippen LogP contribution < -0.4 is 0 Å². The number of carbonyl (C=O) groups is 1. The Labute approximate surface area is 290 Å². The molecule has 3 atom stereocenters. The number of phosphoric acid groups is 1. The third-order valence-corrected chi connectivity index (χ3v) is 7.53. The summed E-state index contributed by atoms with van der Waals surface area (Å²) < 4.78 is 33.0. The van der Waals surface area contributed by atoms with Gasteiger partial charge in [-0.15, -0.1) is 0 Å². The number of aliphatic hydroxyl groups is 2. The number of rotatable bonds is 32. The van der Waals surface area contributed by atoms with Gasteiger partial charge in [-0.25, -0.2) is 4.57 Å². The number of aliphatic hydroxyl groups excluding tert-OH is 2. The van der Waals surface area contributed by atoms with Gasteiger partial charge in [-0.1, -0.05) is 105 Å². The maximum Gasteiger partial charge on any atom is 0.472 e. The molecule has 9 nitrogen and oxygen atoms in total. The normalized spacial score (nSPS) is 15.4. The molecule has 0 aliphatic heterocycles. The zero-order valence-electron chi connectivity index (χ0n) is 29.4. The fraction of sp³-hybridized carbons (Fsp3) is 0.605. The summed E-state index contributed by atoms with van der Waals surface area (Å²) in [5, 5.41) is 18.2. The first kappa shape index (κ1) is 45.6. The number of carbonyl (C=O) groups excluding carboxylic acids is 1. The second-order valence-corrected chi connectivity index (χ2v) is 12.6. The summed E-state index contributed by atoms with van der Waals surface area (Å²) in [5.74, 6) is -0.436. The summed E-state index contributed by atoms with van der Waals surface area (Å²) in [6.45, 7) is 3.04. The van der Waals surface area contributed by atoms with Crippen LogP contribution in [0.25, 0.3) is 0 Å². The van der Waals surface area contributed by atoms with Crippen LogP contribution in [-0.2, 0) is 27.9 Å². The van der Waals surface area contributed by atoms with E-state index in [0.717, 1.165) is 77.0 Å². The van der Waals surface area contributed by atoms with Crippen molar-refractivity contribution in [3.8, 4) is 0 Å². The number of hydrogen-bond donors (Lipinski definition) is 3. The van der Waals surface area contributed by atoms with E-state index in [1.807, 2.05) is 0 Å². The molecule has 0 aromatic rings. The average Bonchev–Trinajstić information content (AvgIpc) is 3.07. The van der Waals surface area contributed by atoms with Crippen LogP contribution >= 0.6 is 7.82 Å². The summed E-state index contributed by atoms with van der Waals surface area (Å²) in [4.78, 5) is 22.4. The number of unbranched alkanes of at least 4 members (excludes halogenated alkanes) is 4. The average molecular weight is 695 g/mol. The van der Waals surface area contributed by atoms with Crippen LogP contribution in [0.3, 0.4) is 0 Å². The Morgan fingerprint density at radius 3 is 1.65 bits per heavy atom. The van der Waals surface area contributed by atoms with Crippen LogP contribution in [0.2, 0.25) is 0 Å². The van der Waals surface area contributed by atoms with E-state index in [9.17, 15) is 19.4 Å². The minimum Gasteiger partial charge on any atom is -0.457 e. The van der Waals surface area contributed by atoms with E-state index in [1.165, 1.54) is 0 Å². The van der Waals surface area contributed by atoms with Gasteiger partial charge < -0.3 is 24.6 Å². The third-order valence-electron chi connectivity index (χ3n) is 6.58. The highest BCUT2D eigenvalue weighted by Crippen LogP contribution is 2.43. The van der Waals surface area contributed by atoms with Crippen molar-refractivity contribution in [3.05, 3.63) is 85.1 Å². The summed E-state index contributed by atoms with van der Waals surface area (Å²) in [6, 6.07) is 0. The molecular formula is C38H63O9P. The summed E-state index contributed by atoms with van der Waals surface area (Å²) in [7, 11) is -4.54. The third kappa shape index (κ3) is 33.5. The lowest BCUT2D eigenvalue weighted by molar-refractivity contribution is -0.154. The van der Waals surface area contributed by atoms with E-state index in [4.69, 9.17) is 23.6 Å². The number of allylic oxidation sites excluding steroid dienone is 14. The molecule has 0 heterocycles. The molecule has 0 aliphatic carbocycles. The predicted octanol–water partition coefficient (Wildman–Crippen LogP) is 8.80. The van der Waals surface area contributed by atoms with Crippen molar-refractivity contribution in [1.29, 1.82) is 0 Å². The molecule has 0 aromatic heterocycles. The van der Waals surface area contributed by atoms with E-state index in [-0.39, 0.29) is 13.0 Å². The molecule has 0 bridgehead atoms. The minimum absolute atomic E-state index is 0.00660. The van der Waals surface area contributed by atoms with Gasteiger partial charge in [0.05, 0.1) is 26.4 Å². The molecule has 48 heavy (non-hydrogen) atoms. The SMILES string of the molecule is CC/C=C\C/C=C\C/C=C\C/C=C\CCCOCC(COP(=O)(O)OCC(O)CO)OC(=O)CCCCC/C=C\C/C=C\C/C=C\CC. The Bertz CT molecular complexity index is 1010. The van der Waals surface area contributed by atoms with Crippen LogP contribution in [0.5, 0.6) is 0 Å². The second-order valence-electron chi connectivity index (χ2n) is 11.1. The molecule has 3 unspecified atom stereocenters. The first-order chi connectivity index (χ1) is 23.3. The lowest BCUT2D eigenvalue weighted by atomic mass is 10.1. The van der Waals surface area contributed by atoms with Crippen molar-refractivity contribution in [1.82, 2.24) is 0 Å². The minimum atomic E-state index is -4.54. The van der Waals surface area contributed by atoms with Gasteiger partial charge in [0, 0.05) is 13.0 Å². The zero-order chi connectivity index (χ0) is 35.4. The van der Waals surface area contributed by atoms with E-state index in [0.29, 0.717) is 13.0 Å². The van der Waals surface area contributed by atoms with E-state index >= 15 is 0 Å². The van der Waals surface area contributed by atoms with Gasteiger partial charge in [0.2, 0.25) is 0 Å². The monoisotopic (exact) mass is 694 g/mol. The molecular weight excluding hydrogens is 631 g/mol. The smallest absolute Gasteiger partial charge is 0.457 e. The van der Waals surface area contributed by atoms with E-state index < -0.39 is 45.8 Å². The highest BCUT2D eigenvalue weighted by molar-refractivity contribution is 7.47. The van der Waals surface area contributed by atoms with Gasteiger partial charge in [-0.05, 0) is 77.0 Å². The lowest BCUT2D eigenvalue weighted by Gasteiger charge is -2.20. The molecule has 10 heteroatoms. The molecule has 0 aliphatic rings. The molecule has 0 aromatic carbocycles. The molecule has 0 fully saturated rings. The van der Waals surface area contributed by atoms with E-state index in [1.54, 1.807) is 0 Å². The maximum atomic E-state index is 12.5. The van der Waals surface area contributed by atoms with Crippen molar-refractivity contribution in [3.63, 3.8) is 0 Å². The van der Waals surface area contributed by atoms with Crippen molar-refractivity contribution in [2.75, 3.05) is 33.0 Å². The fourth-order valence-electron chi connectivity index (χ4n) is 3.96. The van der Waals surface area contributed by atoms with Crippen LogP contribution in [-0.4, -0.2) is 66.3 Å². The first-order valence-electron chi connectivity index (χ1n) is 17.6. The number of ether oxygens (including phenoxy) is 2. The van der Waals surface area contributed by atoms with Crippen LogP contribution in [0, 0.1) is 0 Å². The first-order valence-corrected chi connectivity index (χ1v) is 19.1. The highest BCUT2D eigenvalue weighted by atomic mass is 31.2. The van der Waals surface area contributed by atoms with Gasteiger partial charge in [0.25, 0.3) is 0 Å². The standard InChI is InChI=1S/C38H63O9P/c1-3-5-7-9-11-13-15-17-19-21-23-25-27-29-31-44-34-37(35-46-48(42,43)45-33-36(40)32-39)47-38(41)30-28-26-24-22-20-18-16-14-12-10-8-6-4-2/h5-8,11-14,17-20,23,25,36-37,39-40H,3-4,9-10,15-16,21-22,24,26-35H2,1-2H3,(H,42,43)/b7-5-,8-6-,13-11-,14-12-,19-17-,20-18-,25-23-. The number of hydrogen-bond acceptors (Lipinski definition) is 8. The van der Waals surface area contributed by atoms with Gasteiger partial charge in [0.1, 0.15) is 12.2 Å². The molecule has 0 saturated carbocycles.